The standard InChI is InChI=1S/C14H17N5O/c1-10-3-4-15-14(18-10)12-8-20-6-5-19(12)13-7-11(2)16-9-17-13/h3-4,7,9,12H,5-6,8H2,1-2H3. The third-order valence-corrected chi connectivity index (χ3v) is 3.32. The van der Waals surface area contributed by atoms with E-state index in [9.17, 15) is 0 Å². The molecule has 1 saturated heterocycles. The first-order valence-corrected chi connectivity index (χ1v) is 6.66. The summed E-state index contributed by atoms with van der Waals surface area (Å²) >= 11 is 0. The lowest BCUT2D eigenvalue weighted by molar-refractivity contribution is 0.0912. The Morgan fingerprint density at radius 1 is 1.20 bits per heavy atom. The molecular formula is C14H17N5O. The molecule has 3 heterocycles. The van der Waals surface area contributed by atoms with Crippen molar-refractivity contribution < 1.29 is 4.74 Å². The van der Waals surface area contributed by atoms with Crippen LogP contribution in [0.5, 0.6) is 0 Å². The van der Waals surface area contributed by atoms with E-state index in [0.29, 0.717) is 13.2 Å². The van der Waals surface area contributed by atoms with Crippen LogP contribution in [0, 0.1) is 13.8 Å². The van der Waals surface area contributed by atoms with Crippen molar-refractivity contribution in [2.45, 2.75) is 19.9 Å². The average Bonchev–Trinajstić information content (AvgIpc) is 2.47. The summed E-state index contributed by atoms with van der Waals surface area (Å²) in [5.41, 5.74) is 1.91. The first-order valence-electron chi connectivity index (χ1n) is 6.66. The highest BCUT2D eigenvalue weighted by Crippen LogP contribution is 2.26. The predicted molar refractivity (Wildman–Crippen MR) is 74.4 cm³/mol. The highest BCUT2D eigenvalue weighted by Gasteiger charge is 2.28. The van der Waals surface area contributed by atoms with Gasteiger partial charge >= 0.3 is 0 Å². The first kappa shape index (κ1) is 12.9. The predicted octanol–water partition coefficient (Wildman–Crippen LogP) is 1.46. The van der Waals surface area contributed by atoms with E-state index >= 15 is 0 Å². The lowest BCUT2D eigenvalue weighted by Gasteiger charge is -2.35. The summed E-state index contributed by atoms with van der Waals surface area (Å²) in [5.74, 6) is 1.68. The van der Waals surface area contributed by atoms with Crippen LogP contribution in [0.3, 0.4) is 0 Å². The van der Waals surface area contributed by atoms with Gasteiger partial charge < -0.3 is 9.64 Å². The quantitative estimate of drug-likeness (QED) is 0.824. The van der Waals surface area contributed by atoms with Crippen molar-refractivity contribution in [1.29, 1.82) is 0 Å². The van der Waals surface area contributed by atoms with Crippen LogP contribution in [0.1, 0.15) is 23.3 Å². The Hall–Kier alpha value is -2.08. The Bertz CT molecular complexity index is 550. The third kappa shape index (κ3) is 2.60. The molecule has 2 aromatic rings. The zero-order chi connectivity index (χ0) is 13.9. The van der Waals surface area contributed by atoms with Gasteiger partial charge in [0.25, 0.3) is 0 Å². The second kappa shape index (κ2) is 5.50. The number of ether oxygens (including phenoxy) is 1. The minimum atomic E-state index is -0.00190. The van der Waals surface area contributed by atoms with Crippen LogP contribution in [0.15, 0.2) is 24.7 Å². The summed E-state index contributed by atoms with van der Waals surface area (Å²) in [6, 6.07) is 3.87. The lowest BCUT2D eigenvalue weighted by atomic mass is 10.2. The average molecular weight is 271 g/mol. The van der Waals surface area contributed by atoms with Gasteiger partial charge in [0, 0.05) is 30.2 Å². The molecule has 1 atom stereocenters. The molecule has 1 aliphatic rings. The minimum absolute atomic E-state index is 0.00190. The molecule has 3 rings (SSSR count). The van der Waals surface area contributed by atoms with Crippen molar-refractivity contribution in [1.82, 2.24) is 19.9 Å². The van der Waals surface area contributed by atoms with Crippen molar-refractivity contribution in [2.24, 2.45) is 0 Å². The minimum Gasteiger partial charge on any atom is -0.377 e. The fraction of sp³-hybridized carbons (Fsp3) is 0.429. The smallest absolute Gasteiger partial charge is 0.153 e. The van der Waals surface area contributed by atoms with Gasteiger partial charge in [0.1, 0.15) is 18.2 Å². The van der Waals surface area contributed by atoms with Gasteiger partial charge in [0.15, 0.2) is 5.82 Å². The second-order valence-electron chi connectivity index (χ2n) is 4.86. The maximum Gasteiger partial charge on any atom is 0.153 e. The molecule has 0 amide bonds. The van der Waals surface area contributed by atoms with Gasteiger partial charge in [0.2, 0.25) is 0 Å². The lowest BCUT2D eigenvalue weighted by Crippen LogP contribution is -2.41. The van der Waals surface area contributed by atoms with Crippen LogP contribution in [-0.2, 0) is 4.74 Å². The molecule has 1 fully saturated rings. The molecule has 0 radical (unpaired) electrons. The molecule has 2 aromatic heterocycles. The van der Waals surface area contributed by atoms with E-state index in [-0.39, 0.29) is 6.04 Å². The van der Waals surface area contributed by atoms with Crippen LogP contribution in [-0.4, -0.2) is 39.7 Å². The number of rotatable bonds is 2. The van der Waals surface area contributed by atoms with Gasteiger partial charge in [-0.3, -0.25) is 0 Å². The molecule has 0 aliphatic carbocycles. The van der Waals surface area contributed by atoms with Gasteiger partial charge in [-0.1, -0.05) is 0 Å². The zero-order valence-corrected chi connectivity index (χ0v) is 11.7. The molecule has 0 N–H and O–H groups in total. The van der Waals surface area contributed by atoms with E-state index in [1.807, 2.05) is 26.0 Å². The van der Waals surface area contributed by atoms with Crippen molar-refractivity contribution in [3.8, 4) is 0 Å². The van der Waals surface area contributed by atoms with Gasteiger partial charge in [-0.25, -0.2) is 19.9 Å². The maximum absolute atomic E-state index is 5.59. The summed E-state index contributed by atoms with van der Waals surface area (Å²) < 4.78 is 5.59. The van der Waals surface area contributed by atoms with Crippen LogP contribution in [0.2, 0.25) is 0 Å². The number of aromatic nitrogens is 4. The SMILES string of the molecule is Cc1cc(N2CCOCC2c2nccc(C)n2)ncn1. The first-order chi connectivity index (χ1) is 9.74. The Labute approximate surface area is 117 Å². The maximum atomic E-state index is 5.59. The molecule has 6 nitrogen and oxygen atoms in total. The van der Waals surface area contributed by atoms with Gasteiger partial charge in [-0.05, 0) is 19.9 Å². The molecule has 104 valence electrons. The van der Waals surface area contributed by atoms with Crippen molar-refractivity contribution >= 4 is 5.82 Å². The van der Waals surface area contributed by atoms with Crippen molar-refractivity contribution in [2.75, 3.05) is 24.7 Å². The van der Waals surface area contributed by atoms with Gasteiger partial charge in [0.05, 0.1) is 13.2 Å². The second-order valence-corrected chi connectivity index (χ2v) is 4.86. The Balaban J connectivity index is 1.95. The van der Waals surface area contributed by atoms with E-state index in [2.05, 4.69) is 24.8 Å². The highest BCUT2D eigenvalue weighted by atomic mass is 16.5. The van der Waals surface area contributed by atoms with Crippen LogP contribution < -0.4 is 4.90 Å². The number of anilines is 1. The molecule has 0 saturated carbocycles. The number of nitrogens with zero attached hydrogens (tertiary/aromatic N) is 5. The number of aryl methyl sites for hydroxylation is 2. The molecule has 6 heteroatoms. The van der Waals surface area contributed by atoms with Crippen LogP contribution >= 0.6 is 0 Å². The molecular weight excluding hydrogens is 254 g/mol. The third-order valence-electron chi connectivity index (χ3n) is 3.32. The fourth-order valence-corrected chi connectivity index (χ4v) is 2.32. The Kier molecular flexibility index (Phi) is 3.56. The van der Waals surface area contributed by atoms with Gasteiger partial charge in [-0.15, -0.1) is 0 Å². The Morgan fingerprint density at radius 3 is 2.90 bits per heavy atom. The molecule has 0 bridgehead atoms. The van der Waals surface area contributed by atoms with Crippen molar-refractivity contribution in [3.63, 3.8) is 0 Å². The molecule has 1 aliphatic heterocycles. The largest absolute Gasteiger partial charge is 0.377 e. The van der Waals surface area contributed by atoms with E-state index in [4.69, 9.17) is 4.74 Å². The van der Waals surface area contributed by atoms with E-state index in [1.165, 1.54) is 0 Å². The summed E-state index contributed by atoms with van der Waals surface area (Å²) in [6.45, 7) is 5.97. The van der Waals surface area contributed by atoms with E-state index in [0.717, 1.165) is 29.6 Å². The molecule has 0 aromatic carbocycles. The summed E-state index contributed by atoms with van der Waals surface area (Å²) in [5, 5.41) is 0. The summed E-state index contributed by atoms with van der Waals surface area (Å²) in [4.78, 5) is 19.6. The fourth-order valence-electron chi connectivity index (χ4n) is 2.32. The monoisotopic (exact) mass is 271 g/mol. The summed E-state index contributed by atoms with van der Waals surface area (Å²) in [7, 11) is 0. The highest BCUT2D eigenvalue weighted by molar-refractivity contribution is 5.41. The normalized spacial score (nSPS) is 19.1. The van der Waals surface area contributed by atoms with Gasteiger partial charge in [-0.2, -0.15) is 0 Å². The summed E-state index contributed by atoms with van der Waals surface area (Å²) in [6.07, 6.45) is 3.38. The molecule has 0 spiro atoms. The number of hydrogen-bond donors (Lipinski definition) is 0. The number of morpholine rings is 1. The van der Waals surface area contributed by atoms with Crippen molar-refractivity contribution in [3.05, 3.63) is 41.9 Å². The molecule has 20 heavy (non-hydrogen) atoms. The topological polar surface area (TPSA) is 64.0 Å². The van der Waals surface area contributed by atoms with Crippen LogP contribution in [0.4, 0.5) is 5.82 Å². The van der Waals surface area contributed by atoms with Crippen LogP contribution in [0.25, 0.3) is 0 Å². The number of hydrogen-bond acceptors (Lipinski definition) is 6. The Morgan fingerprint density at radius 2 is 2.10 bits per heavy atom. The molecule has 1 unspecified atom stereocenters. The zero-order valence-electron chi connectivity index (χ0n) is 11.7. The van der Waals surface area contributed by atoms with E-state index in [1.54, 1.807) is 12.5 Å². The van der Waals surface area contributed by atoms with E-state index < -0.39 is 0 Å².